The highest BCUT2D eigenvalue weighted by Gasteiger charge is 2.30. The zero-order chi connectivity index (χ0) is 19.2. The first-order chi connectivity index (χ1) is 12.3. The summed E-state index contributed by atoms with van der Waals surface area (Å²) >= 11 is 0. The monoisotopic (exact) mass is 369 g/mol. The summed E-state index contributed by atoms with van der Waals surface area (Å²) in [6.45, 7) is -3.05. The van der Waals surface area contributed by atoms with Crippen molar-refractivity contribution < 1.29 is 31.5 Å². The van der Waals surface area contributed by atoms with E-state index >= 15 is 0 Å². The lowest BCUT2D eigenvalue weighted by molar-refractivity contribution is -0.137. The average Bonchev–Trinajstić information content (AvgIpc) is 2.58. The Balaban J connectivity index is 1.92. The van der Waals surface area contributed by atoms with Crippen LogP contribution in [0.15, 0.2) is 48.5 Å². The maximum absolute atomic E-state index is 12.6. The molecule has 1 N–H and O–H groups in total. The lowest BCUT2D eigenvalue weighted by atomic mass is 10.1. The normalized spacial score (nSPS) is 10.8. The first-order valence-corrected chi connectivity index (χ1v) is 7.25. The summed E-state index contributed by atoms with van der Waals surface area (Å²) in [7, 11) is 0. The van der Waals surface area contributed by atoms with Gasteiger partial charge in [0.15, 0.2) is 0 Å². The van der Waals surface area contributed by atoms with E-state index in [1.807, 2.05) is 0 Å². The molecule has 0 aliphatic heterocycles. The summed E-state index contributed by atoms with van der Waals surface area (Å²) in [5.41, 5.74) is -0.436. The summed E-state index contributed by atoms with van der Waals surface area (Å²) < 4.78 is 66.0. The summed E-state index contributed by atoms with van der Waals surface area (Å²) in [6.07, 6.45) is -4.45. The molecule has 0 aromatic heterocycles. The Morgan fingerprint density at radius 3 is 2.42 bits per heavy atom. The second kappa shape index (κ2) is 8.34. The number of benzene rings is 2. The first-order valence-electron chi connectivity index (χ1n) is 7.25. The molecule has 0 aliphatic carbocycles. The van der Waals surface area contributed by atoms with Crippen LogP contribution in [-0.2, 0) is 6.18 Å². The highest BCUT2D eigenvalue weighted by atomic mass is 19.4. The Labute approximate surface area is 145 Å². The van der Waals surface area contributed by atoms with Crippen molar-refractivity contribution in [2.45, 2.75) is 12.8 Å². The predicted octanol–water partition coefficient (Wildman–Crippen LogP) is 4.09. The van der Waals surface area contributed by atoms with Gasteiger partial charge in [-0.3, -0.25) is 4.79 Å². The molecule has 0 saturated carbocycles. The number of carbonyl (C=O) groups is 1. The van der Waals surface area contributed by atoms with Gasteiger partial charge in [0.2, 0.25) is 0 Å². The van der Waals surface area contributed by atoms with Gasteiger partial charge in [-0.1, -0.05) is 17.9 Å². The minimum Gasteiger partial charge on any atom is -0.435 e. The van der Waals surface area contributed by atoms with Crippen molar-refractivity contribution in [3.8, 4) is 17.6 Å². The smallest absolute Gasteiger partial charge is 0.416 e. The fraction of sp³-hybridized carbons (Fsp3) is 0.167. The fourth-order valence-electron chi connectivity index (χ4n) is 1.93. The van der Waals surface area contributed by atoms with Crippen molar-refractivity contribution in [1.29, 1.82) is 0 Å². The topological polar surface area (TPSA) is 38.3 Å². The average molecular weight is 369 g/mol. The third-order valence-electron chi connectivity index (χ3n) is 3.10. The van der Waals surface area contributed by atoms with Crippen LogP contribution in [0.4, 0.5) is 22.0 Å². The Morgan fingerprint density at radius 2 is 1.81 bits per heavy atom. The van der Waals surface area contributed by atoms with Gasteiger partial charge in [0.1, 0.15) is 5.75 Å². The van der Waals surface area contributed by atoms with Gasteiger partial charge in [-0.2, -0.15) is 22.0 Å². The van der Waals surface area contributed by atoms with Crippen molar-refractivity contribution in [2.24, 2.45) is 0 Å². The molecule has 0 saturated heterocycles. The van der Waals surface area contributed by atoms with Gasteiger partial charge in [-0.05, 0) is 42.5 Å². The largest absolute Gasteiger partial charge is 0.435 e. The number of ether oxygens (including phenoxy) is 1. The molecule has 0 atom stereocenters. The number of halogens is 5. The van der Waals surface area contributed by atoms with E-state index in [0.29, 0.717) is 0 Å². The molecule has 0 heterocycles. The Kier molecular flexibility index (Phi) is 6.17. The molecule has 1 amide bonds. The predicted molar refractivity (Wildman–Crippen MR) is 83.7 cm³/mol. The molecule has 0 fully saturated rings. The van der Waals surface area contributed by atoms with Crippen LogP contribution in [0.5, 0.6) is 5.75 Å². The molecular formula is C18H12F5NO2. The molecule has 0 unspecified atom stereocenters. The third-order valence-corrected chi connectivity index (χ3v) is 3.10. The molecule has 8 heteroatoms. The minimum absolute atomic E-state index is 0.0825. The highest BCUT2D eigenvalue weighted by molar-refractivity contribution is 5.94. The summed E-state index contributed by atoms with van der Waals surface area (Å²) in [5.74, 6) is 4.48. The quantitative estimate of drug-likeness (QED) is 0.651. The molecular weight excluding hydrogens is 357 g/mol. The molecule has 0 radical (unpaired) electrons. The van der Waals surface area contributed by atoms with Crippen LogP contribution in [0.25, 0.3) is 0 Å². The van der Waals surface area contributed by atoms with Gasteiger partial charge in [0.05, 0.1) is 12.1 Å². The van der Waals surface area contributed by atoms with Crippen molar-refractivity contribution >= 4 is 5.91 Å². The molecule has 136 valence electrons. The van der Waals surface area contributed by atoms with Crippen molar-refractivity contribution in [3.63, 3.8) is 0 Å². The number of hydrogen-bond donors (Lipinski definition) is 1. The molecule has 3 nitrogen and oxygen atoms in total. The zero-order valence-corrected chi connectivity index (χ0v) is 13.1. The second-order valence-corrected chi connectivity index (χ2v) is 4.97. The molecule has 2 rings (SSSR count). The van der Waals surface area contributed by atoms with E-state index in [9.17, 15) is 26.7 Å². The van der Waals surface area contributed by atoms with Crippen LogP contribution in [0.3, 0.4) is 0 Å². The van der Waals surface area contributed by atoms with Crippen LogP contribution in [0, 0.1) is 11.8 Å². The maximum Gasteiger partial charge on any atom is 0.416 e. The van der Waals surface area contributed by atoms with E-state index < -0.39 is 24.3 Å². The van der Waals surface area contributed by atoms with Gasteiger partial charge >= 0.3 is 12.8 Å². The zero-order valence-electron chi connectivity index (χ0n) is 13.1. The first kappa shape index (κ1) is 19.2. The van der Waals surface area contributed by atoms with Crippen LogP contribution < -0.4 is 10.1 Å². The van der Waals surface area contributed by atoms with Gasteiger partial charge in [0.25, 0.3) is 5.91 Å². The molecule has 0 aliphatic rings. The molecule has 26 heavy (non-hydrogen) atoms. The van der Waals surface area contributed by atoms with E-state index in [0.717, 1.165) is 12.1 Å². The van der Waals surface area contributed by atoms with Crippen LogP contribution in [0.1, 0.15) is 21.5 Å². The Bertz CT molecular complexity index is 820. The number of nitrogens with one attached hydrogen (secondary N) is 1. The van der Waals surface area contributed by atoms with E-state index in [2.05, 4.69) is 21.9 Å². The van der Waals surface area contributed by atoms with Crippen molar-refractivity contribution in [2.75, 3.05) is 6.54 Å². The van der Waals surface area contributed by atoms with Crippen LogP contribution in [-0.4, -0.2) is 19.1 Å². The third kappa shape index (κ3) is 5.77. The number of rotatable bonds is 4. The molecule has 0 bridgehead atoms. The van der Waals surface area contributed by atoms with Crippen LogP contribution >= 0.6 is 0 Å². The van der Waals surface area contributed by atoms with E-state index in [1.54, 1.807) is 0 Å². The standard InChI is InChI=1S/C18H12F5NO2/c19-17(20)26-15-8-6-13(7-9-15)16(25)24-10-2-4-12-3-1-5-14(11-12)18(21,22)23/h1,3,5-9,11,17H,10H2,(H,24,25). The molecule has 2 aromatic carbocycles. The molecule has 0 spiro atoms. The summed E-state index contributed by atoms with van der Waals surface area (Å²) in [5, 5.41) is 2.45. The van der Waals surface area contributed by atoms with Crippen molar-refractivity contribution in [3.05, 3.63) is 65.2 Å². The second-order valence-electron chi connectivity index (χ2n) is 4.97. The maximum atomic E-state index is 12.6. The van der Waals surface area contributed by atoms with Crippen molar-refractivity contribution in [1.82, 2.24) is 5.32 Å². The number of amides is 1. The highest BCUT2D eigenvalue weighted by Crippen LogP contribution is 2.29. The minimum atomic E-state index is -4.45. The molecule has 2 aromatic rings. The number of carbonyl (C=O) groups excluding carboxylic acids is 1. The number of alkyl halides is 5. The SMILES string of the molecule is O=C(NCC#Cc1cccc(C(F)(F)F)c1)c1ccc(OC(F)F)cc1. The summed E-state index contributed by atoms with van der Waals surface area (Å²) in [6, 6.07) is 9.55. The van der Waals surface area contributed by atoms with Crippen LogP contribution in [0.2, 0.25) is 0 Å². The van der Waals surface area contributed by atoms with Gasteiger partial charge in [-0.15, -0.1) is 0 Å². The Hall–Kier alpha value is -3.08. The van der Waals surface area contributed by atoms with E-state index in [-0.39, 0.29) is 23.4 Å². The number of hydrogen-bond acceptors (Lipinski definition) is 2. The Morgan fingerprint density at radius 1 is 1.12 bits per heavy atom. The van der Waals surface area contributed by atoms with Gasteiger partial charge < -0.3 is 10.1 Å². The fourth-order valence-corrected chi connectivity index (χ4v) is 1.93. The lowest BCUT2D eigenvalue weighted by Gasteiger charge is -2.06. The van der Waals surface area contributed by atoms with E-state index in [1.165, 1.54) is 36.4 Å². The summed E-state index contributed by atoms with van der Waals surface area (Å²) in [4.78, 5) is 11.9. The lowest BCUT2D eigenvalue weighted by Crippen LogP contribution is -2.23. The van der Waals surface area contributed by atoms with E-state index in [4.69, 9.17) is 0 Å². The van der Waals surface area contributed by atoms with Gasteiger partial charge in [0, 0.05) is 11.1 Å². The van der Waals surface area contributed by atoms with Gasteiger partial charge in [-0.25, -0.2) is 0 Å².